The molecule has 3 aromatic rings. The van der Waals surface area contributed by atoms with Crippen molar-refractivity contribution >= 4 is 33.5 Å². The Morgan fingerprint density at radius 3 is 2.77 bits per heavy atom. The fourth-order valence-corrected chi connectivity index (χ4v) is 4.05. The number of halogens is 1. The fraction of sp³-hybridized carbons (Fsp3) is 0.217. The van der Waals surface area contributed by atoms with Gasteiger partial charge in [0.15, 0.2) is 5.76 Å². The Hall–Kier alpha value is -3.26. The highest BCUT2D eigenvalue weighted by molar-refractivity contribution is 9.10. The molecule has 0 spiro atoms. The van der Waals surface area contributed by atoms with Crippen molar-refractivity contribution in [3.63, 3.8) is 0 Å². The minimum atomic E-state index is -0.303. The topological polar surface area (TPSA) is 96.6 Å². The predicted molar refractivity (Wildman–Crippen MR) is 120 cm³/mol. The summed E-state index contributed by atoms with van der Waals surface area (Å²) in [6, 6.07) is 10.9. The second kappa shape index (κ2) is 9.26. The van der Waals surface area contributed by atoms with Gasteiger partial charge in [-0.25, -0.2) is 5.43 Å². The van der Waals surface area contributed by atoms with E-state index in [4.69, 9.17) is 4.42 Å². The standard InChI is InChI=1S/C23H21BrN4O3/c1-14-20-18(27-28-22(29)16-7-2-3-8-17(16)24)9-4-10-19(20)31-21(14)23(30)26-13-15-6-5-11-25-12-15/h2-3,5-8,11-12H,4,9-10,13H2,1H3,(H,26,30)(H,28,29)/b27-18+. The third-order valence-electron chi connectivity index (χ3n) is 5.12. The highest BCUT2D eigenvalue weighted by Crippen LogP contribution is 2.30. The van der Waals surface area contributed by atoms with E-state index in [1.165, 1.54) is 0 Å². The van der Waals surface area contributed by atoms with Crippen LogP contribution in [0.15, 0.2) is 62.8 Å². The average molecular weight is 481 g/mol. The zero-order valence-corrected chi connectivity index (χ0v) is 18.5. The van der Waals surface area contributed by atoms with Crippen LogP contribution in [0.1, 0.15) is 56.2 Å². The molecular weight excluding hydrogens is 460 g/mol. The molecule has 0 radical (unpaired) electrons. The van der Waals surface area contributed by atoms with Gasteiger partial charge in [0, 0.05) is 41.0 Å². The molecule has 31 heavy (non-hydrogen) atoms. The van der Waals surface area contributed by atoms with Crippen LogP contribution in [-0.4, -0.2) is 22.5 Å². The van der Waals surface area contributed by atoms with Crippen LogP contribution in [-0.2, 0) is 13.0 Å². The van der Waals surface area contributed by atoms with Crippen molar-refractivity contribution in [3.8, 4) is 0 Å². The summed E-state index contributed by atoms with van der Waals surface area (Å²) >= 11 is 3.38. The minimum absolute atomic E-state index is 0.278. The molecular formula is C23H21BrN4O3. The summed E-state index contributed by atoms with van der Waals surface area (Å²) in [6.45, 7) is 2.21. The first-order chi connectivity index (χ1) is 15.0. The van der Waals surface area contributed by atoms with Gasteiger partial charge >= 0.3 is 0 Å². The minimum Gasteiger partial charge on any atom is -0.455 e. The van der Waals surface area contributed by atoms with Crippen LogP contribution < -0.4 is 10.7 Å². The molecule has 0 fully saturated rings. The van der Waals surface area contributed by atoms with Crippen LogP contribution in [0.3, 0.4) is 0 Å². The van der Waals surface area contributed by atoms with Crippen molar-refractivity contribution in [2.75, 3.05) is 0 Å². The number of carbonyl (C=O) groups excluding carboxylic acids is 2. The zero-order valence-electron chi connectivity index (χ0n) is 16.9. The van der Waals surface area contributed by atoms with Gasteiger partial charge in [-0.1, -0.05) is 18.2 Å². The lowest BCUT2D eigenvalue weighted by atomic mass is 9.93. The van der Waals surface area contributed by atoms with Crippen LogP contribution in [0.25, 0.3) is 0 Å². The number of nitrogens with one attached hydrogen (secondary N) is 2. The van der Waals surface area contributed by atoms with Gasteiger partial charge in [-0.05, 0) is 59.5 Å². The number of rotatable bonds is 5. The average Bonchev–Trinajstić information content (AvgIpc) is 3.14. The molecule has 0 atom stereocenters. The molecule has 1 aliphatic carbocycles. The zero-order chi connectivity index (χ0) is 21.8. The molecule has 2 aromatic heterocycles. The molecule has 158 valence electrons. The molecule has 0 aliphatic heterocycles. The Kier molecular flexibility index (Phi) is 6.27. The van der Waals surface area contributed by atoms with Gasteiger partial charge < -0.3 is 9.73 Å². The monoisotopic (exact) mass is 480 g/mol. The molecule has 1 aliphatic rings. The molecule has 0 bridgehead atoms. The van der Waals surface area contributed by atoms with Gasteiger partial charge in [0.2, 0.25) is 0 Å². The first-order valence-corrected chi connectivity index (χ1v) is 10.7. The summed E-state index contributed by atoms with van der Waals surface area (Å²) in [5.41, 5.74) is 6.30. The maximum Gasteiger partial charge on any atom is 0.287 e. The predicted octanol–water partition coefficient (Wildman–Crippen LogP) is 4.15. The van der Waals surface area contributed by atoms with Gasteiger partial charge in [0.05, 0.1) is 11.3 Å². The first kappa shape index (κ1) is 21.0. The Morgan fingerprint density at radius 1 is 1.16 bits per heavy atom. The van der Waals surface area contributed by atoms with E-state index in [-0.39, 0.29) is 17.6 Å². The second-order valence-electron chi connectivity index (χ2n) is 7.23. The highest BCUT2D eigenvalue weighted by Gasteiger charge is 2.28. The number of aromatic nitrogens is 1. The Morgan fingerprint density at radius 2 is 2.00 bits per heavy atom. The molecule has 0 saturated heterocycles. The van der Waals surface area contributed by atoms with Gasteiger partial charge in [-0.2, -0.15) is 5.10 Å². The molecule has 8 heteroatoms. The quantitative estimate of drug-likeness (QED) is 0.536. The van der Waals surface area contributed by atoms with Gasteiger partial charge in [0.25, 0.3) is 11.8 Å². The lowest BCUT2D eigenvalue weighted by Gasteiger charge is -2.13. The summed E-state index contributed by atoms with van der Waals surface area (Å²) < 4.78 is 6.60. The molecule has 0 saturated carbocycles. The van der Waals surface area contributed by atoms with E-state index < -0.39 is 0 Å². The van der Waals surface area contributed by atoms with Crippen LogP contribution in [0, 0.1) is 6.92 Å². The summed E-state index contributed by atoms with van der Waals surface area (Å²) in [6.07, 6.45) is 5.65. The number of furan rings is 1. The van der Waals surface area contributed by atoms with E-state index in [0.717, 1.165) is 35.3 Å². The second-order valence-corrected chi connectivity index (χ2v) is 8.09. The molecule has 1 aromatic carbocycles. The van der Waals surface area contributed by atoms with Gasteiger partial charge in [-0.3, -0.25) is 14.6 Å². The first-order valence-electron chi connectivity index (χ1n) is 9.95. The third kappa shape index (κ3) is 4.59. The Balaban J connectivity index is 1.52. The van der Waals surface area contributed by atoms with Gasteiger partial charge in [0.1, 0.15) is 5.76 Å². The number of hydrazone groups is 1. The largest absolute Gasteiger partial charge is 0.455 e. The van der Waals surface area contributed by atoms with Crippen LogP contribution in [0.2, 0.25) is 0 Å². The van der Waals surface area contributed by atoms with Gasteiger partial charge in [-0.15, -0.1) is 0 Å². The molecule has 0 unspecified atom stereocenters. The molecule has 2 heterocycles. The van der Waals surface area contributed by atoms with Crippen molar-refractivity contribution in [3.05, 3.63) is 87.0 Å². The van der Waals surface area contributed by atoms with E-state index >= 15 is 0 Å². The summed E-state index contributed by atoms with van der Waals surface area (Å²) in [4.78, 5) is 29.3. The third-order valence-corrected chi connectivity index (χ3v) is 5.81. The summed E-state index contributed by atoms with van der Waals surface area (Å²) in [5, 5.41) is 7.24. The number of amides is 2. The normalized spacial score (nSPS) is 14.2. The number of benzene rings is 1. The number of pyridine rings is 1. The Bertz CT molecular complexity index is 1150. The number of nitrogens with zero attached hydrogens (tertiary/aromatic N) is 2. The van der Waals surface area contributed by atoms with E-state index in [9.17, 15) is 9.59 Å². The van der Waals surface area contributed by atoms with E-state index in [2.05, 4.69) is 36.8 Å². The van der Waals surface area contributed by atoms with Crippen LogP contribution in [0.4, 0.5) is 0 Å². The summed E-state index contributed by atoms with van der Waals surface area (Å²) in [5.74, 6) is 0.417. The summed E-state index contributed by atoms with van der Waals surface area (Å²) in [7, 11) is 0. The molecule has 7 nitrogen and oxygen atoms in total. The SMILES string of the molecule is Cc1c(C(=O)NCc2cccnc2)oc2c1/C(=N/NC(=O)c1ccccc1Br)CCC2. The molecule has 2 N–H and O–H groups in total. The van der Waals surface area contributed by atoms with E-state index in [0.29, 0.717) is 28.7 Å². The fourth-order valence-electron chi connectivity index (χ4n) is 3.59. The van der Waals surface area contributed by atoms with Crippen molar-refractivity contribution in [1.82, 2.24) is 15.7 Å². The van der Waals surface area contributed by atoms with Crippen LogP contribution in [0.5, 0.6) is 0 Å². The number of hydrogen-bond donors (Lipinski definition) is 2. The highest BCUT2D eigenvalue weighted by atomic mass is 79.9. The van der Waals surface area contributed by atoms with Crippen molar-refractivity contribution < 1.29 is 14.0 Å². The number of fused-ring (bicyclic) bond motifs is 1. The number of hydrogen-bond acceptors (Lipinski definition) is 5. The number of carbonyl (C=O) groups is 2. The van der Waals surface area contributed by atoms with Crippen molar-refractivity contribution in [2.24, 2.45) is 5.10 Å². The smallest absolute Gasteiger partial charge is 0.287 e. The van der Waals surface area contributed by atoms with E-state index in [1.54, 1.807) is 30.6 Å². The van der Waals surface area contributed by atoms with E-state index in [1.807, 2.05) is 25.1 Å². The van der Waals surface area contributed by atoms with Crippen LogP contribution >= 0.6 is 15.9 Å². The van der Waals surface area contributed by atoms with Crippen molar-refractivity contribution in [1.29, 1.82) is 0 Å². The molecule has 2 amide bonds. The number of aryl methyl sites for hydroxylation is 1. The molecule has 4 rings (SSSR count). The maximum atomic E-state index is 12.7. The van der Waals surface area contributed by atoms with Crippen molar-refractivity contribution in [2.45, 2.75) is 32.7 Å². The maximum absolute atomic E-state index is 12.7. The Labute approximate surface area is 188 Å². The lowest BCUT2D eigenvalue weighted by Crippen LogP contribution is -2.23. The lowest BCUT2D eigenvalue weighted by molar-refractivity contribution is 0.0919.